The Morgan fingerprint density at radius 2 is 2.20 bits per heavy atom. The van der Waals surface area contributed by atoms with Crippen molar-refractivity contribution in [2.75, 3.05) is 6.54 Å². The molecule has 5 nitrogen and oxygen atoms in total. The molecule has 6 heteroatoms. The summed E-state index contributed by atoms with van der Waals surface area (Å²) < 4.78 is 8.44. The van der Waals surface area contributed by atoms with Gasteiger partial charge in [-0.15, -0.1) is 0 Å². The van der Waals surface area contributed by atoms with Crippen LogP contribution in [-0.4, -0.2) is 21.3 Å². The van der Waals surface area contributed by atoms with E-state index in [0.717, 1.165) is 38.9 Å². The van der Waals surface area contributed by atoms with Gasteiger partial charge < -0.3 is 10.2 Å². The zero-order valence-electron chi connectivity index (χ0n) is 11.4. The summed E-state index contributed by atoms with van der Waals surface area (Å²) in [5.74, 6) is 0.671. The largest absolute Gasteiger partial charge is 0.441 e. The van der Waals surface area contributed by atoms with Crippen molar-refractivity contribution in [1.29, 1.82) is 0 Å². The van der Waals surface area contributed by atoms with Crippen LogP contribution in [0.5, 0.6) is 0 Å². The fraction of sp³-hybridized carbons (Fsp3) is 0.286. The van der Waals surface area contributed by atoms with E-state index in [4.69, 9.17) is 10.2 Å². The molecule has 0 radical (unpaired) electrons. The molecule has 0 aliphatic rings. The molecule has 0 atom stereocenters. The van der Waals surface area contributed by atoms with Crippen LogP contribution >= 0.6 is 15.9 Å². The average molecular weight is 335 g/mol. The van der Waals surface area contributed by atoms with Gasteiger partial charge in [-0.25, -0.2) is 4.98 Å². The molecule has 0 fully saturated rings. The topological polar surface area (TPSA) is 69.9 Å². The Balaban J connectivity index is 2.14. The first kappa shape index (κ1) is 13.3. The predicted molar refractivity (Wildman–Crippen MR) is 81.4 cm³/mol. The second kappa shape index (κ2) is 5.03. The van der Waals surface area contributed by atoms with Crippen LogP contribution in [0.25, 0.3) is 22.4 Å². The summed E-state index contributed by atoms with van der Waals surface area (Å²) in [5, 5.41) is 4.51. The van der Waals surface area contributed by atoms with Crippen molar-refractivity contribution in [1.82, 2.24) is 14.8 Å². The number of nitrogens with two attached hydrogens (primary N) is 1. The minimum Gasteiger partial charge on any atom is -0.441 e. The monoisotopic (exact) mass is 334 g/mol. The van der Waals surface area contributed by atoms with Crippen molar-refractivity contribution in [2.24, 2.45) is 12.8 Å². The lowest BCUT2D eigenvalue weighted by Gasteiger charge is -2.02. The van der Waals surface area contributed by atoms with Gasteiger partial charge in [0.25, 0.3) is 0 Å². The zero-order valence-corrected chi connectivity index (χ0v) is 12.9. The van der Waals surface area contributed by atoms with Gasteiger partial charge in [0.1, 0.15) is 5.52 Å². The van der Waals surface area contributed by atoms with E-state index in [0.29, 0.717) is 12.4 Å². The number of hydrogen-bond donors (Lipinski definition) is 1. The Bertz CT molecular complexity index is 775. The molecule has 0 bridgehead atoms. The molecule has 0 unspecified atom stereocenters. The highest BCUT2D eigenvalue weighted by Gasteiger charge is 2.16. The molecule has 0 spiro atoms. The third-order valence-electron chi connectivity index (χ3n) is 3.21. The molecule has 2 aromatic heterocycles. The lowest BCUT2D eigenvalue weighted by atomic mass is 10.1. The second-order valence-electron chi connectivity index (χ2n) is 4.69. The van der Waals surface area contributed by atoms with Crippen molar-refractivity contribution < 1.29 is 4.42 Å². The van der Waals surface area contributed by atoms with Gasteiger partial charge in [0, 0.05) is 26.0 Å². The SMILES string of the molecule is Cc1nc2ccc(-c3c(Br)c(CCN)nn3C)cc2o1. The molecule has 1 aromatic carbocycles. The number of fused-ring (bicyclic) bond motifs is 1. The molecular formula is C14H15BrN4O. The van der Waals surface area contributed by atoms with E-state index in [2.05, 4.69) is 26.0 Å². The fourth-order valence-electron chi connectivity index (χ4n) is 2.35. The van der Waals surface area contributed by atoms with Gasteiger partial charge in [0.05, 0.1) is 15.9 Å². The van der Waals surface area contributed by atoms with E-state index in [1.165, 1.54) is 0 Å². The van der Waals surface area contributed by atoms with E-state index < -0.39 is 0 Å². The summed E-state index contributed by atoms with van der Waals surface area (Å²) in [6.07, 6.45) is 0.748. The molecule has 3 rings (SSSR count). The average Bonchev–Trinajstić information content (AvgIpc) is 2.89. The molecular weight excluding hydrogens is 320 g/mol. The highest BCUT2D eigenvalue weighted by Crippen LogP contribution is 2.32. The lowest BCUT2D eigenvalue weighted by molar-refractivity contribution is 0.561. The number of nitrogens with zero attached hydrogens (tertiary/aromatic N) is 3. The van der Waals surface area contributed by atoms with Crippen LogP contribution in [-0.2, 0) is 13.5 Å². The Labute approximate surface area is 124 Å². The van der Waals surface area contributed by atoms with Crippen LogP contribution in [0.4, 0.5) is 0 Å². The molecule has 0 saturated heterocycles. The molecule has 0 aliphatic carbocycles. The van der Waals surface area contributed by atoms with Crippen molar-refractivity contribution >= 4 is 27.0 Å². The summed E-state index contributed by atoms with van der Waals surface area (Å²) >= 11 is 3.62. The number of aryl methyl sites for hydroxylation is 2. The standard InChI is InChI=1S/C14H15BrN4O/c1-8-17-10-4-3-9(7-12(10)20-8)14-13(15)11(5-6-16)18-19(14)2/h3-4,7H,5-6,16H2,1-2H3. The Morgan fingerprint density at radius 3 is 2.95 bits per heavy atom. The van der Waals surface area contributed by atoms with Crippen molar-refractivity contribution in [2.45, 2.75) is 13.3 Å². The first-order chi connectivity index (χ1) is 9.60. The number of rotatable bonds is 3. The molecule has 0 aliphatic heterocycles. The van der Waals surface area contributed by atoms with E-state index in [1.54, 1.807) is 0 Å². The van der Waals surface area contributed by atoms with Crippen LogP contribution in [0.1, 0.15) is 11.6 Å². The fourth-order valence-corrected chi connectivity index (χ4v) is 3.11. The maximum absolute atomic E-state index is 5.61. The molecule has 104 valence electrons. The lowest BCUT2D eigenvalue weighted by Crippen LogP contribution is -2.04. The third kappa shape index (κ3) is 2.14. The van der Waals surface area contributed by atoms with E-state index >= 15 is 0 Å². The van der Waals surface area contributed by atoms with Crippen molar-refractivity contribution in [3.8, 4) is 11.3 Å². The number of benzene rings is 1. The molecule has 3 aromatic rings. The van der Waals surface area contributed by atoms with Crippen molar-refractivity contribution in [3.63, 3.8) is 0 Å². The van der Waals surface area contributed by atoms with E-state index in [9.17, 15) is 0 Å². The summed E-state index contributed by atoms with van der Waals surface area (Å²) in [6.45, 7) is 2.43. The van der Waals surface area contributed by atoms with Gasteiger partial charge in [-0.1, -0.05) is 6.07 Å². The second-order valence-corrected chi connectivity index (χ2v) is 5.48. The van der Waals surface area contributed by atoms with Gasteiger partial charge >= 0.3 is 0 Å². The first-order valence-corrected chi connectivity index (χ1v) is 7.18. The highest BCUT2D eigenvalue weighted by atomic mass is 79.9. The number of oxazole rings is 1. The quantitative estimate of drug-likeness (QED) is 0.799. The number of aromatic nitrogens is 3. The van der Waals surface area contributed by atoms with E-state index in [1.807, 2.05) is 36.9 Å². The summed E-state index contributed by atoms with van der Waals surface area (Å²) in [6, 6.07) is 5.98. The zero-order chi connectivity index (χ0) is 14.3. The Morgan fingerprint density at radius 1 is 1.40 bits per heavy atom. The van der Waals surface area contributed by atoms with Crippen LogP contribution in [0.15, 0.2) is 27.1 Å². The first-order valence-electron chi connectivity index (χ1n) is 6.39. The highest BCUT2D eigenvalue weighted by molar-refractivity contribution is 9.10. The molecule has 0 amide bonds. The molecule has 0 saturated carbocycles. The third-order valence-corrected chi connectivity index (χ3v) is 4.04. The maximum atomic E-state index is 5.61. The number of halogens is 1. The van der Waals surface area contributed by atoms with Gasteiger partial charge in [-0.2, -0.15) is 5.10 Å². The van der Waals surface area contributed by atoms with Crippen LogP contribution < -0.4 is 5.73 Å². The van der Waals surface area contributed by atoms with E-state index in [-0.39, 0.29) is 0 Å². The van der Waals surface area contributed by atoms with Crippen molar-refractivity contribution in [3.05, 3.63) is 34.3 Å². The smallest absolute Gasteiger partial charge is 0.192 e. The van der Waals surface area contributed by atoms with Gasteiger partial charge in [-0.05, 0) is 34.6 Å². The van der Waals surface area contributed by atoms with Crippen LogP contribution in [0, 0.1) is 6.92 Å². The molecule has 2 heterocycles. The maximum Gasteiger partial charge on any atom is 0.192 e. The molecule has 20 heavy (non-hydrogen) atoms. The minimum absolute atomic E-state index is 0.579. The van der Waals surface area contributed by atoms with Gasteiger partial charge in [-0.3, -0.25) is 4.68 Å². The predicted octanol–water partition coefficient (Wildman–Crippen LogP) is 2.80. The van der Waals surface area contributed by atoms with Gasteiger partial charge in [0.15, 0.2) is 11.5 Å². The summed E-state index contributed by atoms with van der Waals surface area (Å²) in [7, 11) is 1.93. The normalized spacial score (nSPS) is 11.4. The number of hydrogen-bond acceptors (Lipinski definition) is 4. The Kier molecular flexibility index (Phi) is 3.35. The Hall–Kier alpha value is -1.66. The van der Waals surface area contributed by atoms with Gasteiger partial charge in [0.2, 0.25) is 0 Å². The summed E-state index contributed by atoms with van der Waals surface area (Å²) in [4.78, 5) is 4.31. The molecule has 2 N–H and O–H groups in total. The summed E-state index contributed by atoms with van der Waals surface area (Å²) in [5.41, 5.74) is 10.3. The van der Waals surface area contributed by atoms with Crippen LogP contribution in [0.3, 0.4) is 0 Å². The van der Waals surface area contributed by atoms with Crippen LogP contribution in [0.2, 0.25) is 0 Å². The minimum atomic E-state index is 0.579.